The number of carbonyl (C=O) groups is 2. The first-order valence-electron chi connectivity index (χ1n) is 10.1. The molecule has 0 radical (unpaired) electrons. The Morgan fingerprint density at radius 3 is 2.37 bits per heavy atom. The number of rotatable bonds is 10. The van der Waals surface area contributed by atoms with E-state index in [2.05, 4.69) is 22.3 Å². The first kappa shape index (κ1) is 23.3. The Morgan fingerprint density at radius 1 is 0.967 bits per heavy atom. The molecule has 0 heterocycles. The average molecular weight is 429 g/mol. The number of carbonyl (C=O) groups excluding carboxylic acids is 2. The van der Waals surface area contributed by atoms with Crippen LogP contribution in [-0.4, -0.2) is 30.7 Å². The molecule has 1 amide bonds. The molecule has 2 aromatic rings. The number of esters is 1. The van der Waals surface area contributed by atoms with Gasteiger partial charge in [-0.25, -0.2) is 4.79 Å². The van der Waals surface area contributed by atoms with Gasteiger partial charge in [0, 0.05) is 17.3 Å². The summed E-state index contributed by atoms with van der Waals surface area (Å²) in [6, 6.07) is 13.6. The molecule has 2 aromatic carbocycles. The summed E-state index contributed by atoms with van der Waals surface area (Å²) >= 11 is 5.23. The Bertz CT molecular complexity index is 853. The van der Waals surface area contributed by atoms with E-state index < -0.39 is 5.97 Å². The summed E-state index contributed by atoms with van der Waals surface area (Å²) in [6.07, 6.45) is 5.92. The summed E-state index contributed by atoms with van der Waals surface area (Å²) in [4.78, 5) is 23.8. The van der Waals surface area contributed by atoms with E-state index in [1.54, 1.807) is 12.1 Å². The van der Waals surface area contributed by atoms with E-state index >= 15 is 0 Å². The third-order valence-corrected chi connectivity index (χ3v) is 4.61. The van der Waals surface area contributed by atoms with Gasteiger partial charge in [-0.2, -0.15) is 0 Å². The van der Waals surface area contributed by atoms with Crippen LogP contribution in [0, 0.1) is 0 Å². The van der Waals surface area contributed by atoms with E-state index in [9.17, 15) is 9.59 Å². The van der Waals surface area contributed by atoms with Crippen LogP contribution in [0.2, 0.25) is 0 Å². The molecule has 0 fully saturated rings. The summed E-state index contributed by atoms with van der Waals surface area (Å²) in [6.45, 7) is 2.87. The van der Waals surface area contributed by atoms with Gasteiger partial charge < -0.3 is 14.8 Å². The van der Waals surface area contributed by atoms with Crippen molar-refractivity contribution in [3.8, 4) is 5.75 Å². The highest BCUT2D eigenvalue weighted by molar-refractivity contribution is 7.80. The minimum atomic E-state index is -0.456. The van der Waals surface area contributed by atoms with Gasteiger partial charge in [0.15, 0.2) is 5.11 Å². The molecule has 7 heteroatoms. The predicted molar refractivity (Wildman–Crippen MR) is 122 cm³/mol. The van der Waals surface area contributed by atoms with Gasteiger partial charge >= 0.3 is 5.97 Å². The number of nitrogens with one attached hydrogen (secondary N) is 2. The average Bonchev–Trinajstić information content (AvgIpc) is 2.76. The van der Waals surface area contributed by atoms with E-state index in [1.165, 1.54) is 44.9 Å². The van der Waals surface area contributed by atoms with Crippen LogP contribution < -0.4 is 15.4 Å². The van der Waals surface area contributed by atoms with E-state index in [0.717, 1.165) is 17.9 Å². The fraction of sp³-hybridized carbons (Fsp3) is 0.348. The molecule has 0 saturated carbocycles. The molecule has 0 bridgehead atoms. The first-order valence-corrected chi connectivity index (χ1v) is 10.5. The molecule has 2 N–H and O–H groups in total. The number of methoxy groups -OCH3 is 1. The molecule has 30 heavy (non-hydrogen) atoms. The van der Waals surface area contributed by atoms with Gasteiger partial charge in [0.1, 0.15) is 5.75 Å². The maximum atomic E-state index is 12.3. The maximum absolute atomic E-state index is 12.3. The molecule has 0 atom stereocenters. The zero-order chi connectivity index (χ0) is 21.8. The number of benzene rings is 2. The van der Waals surface area contributed by atoms with Crippen LogP contribution >= 0.6 is 12.2 Å². The monoisotopic (exact) mass is 428 g/mol. The third-order valence-electron chi connectivity index (χ3n) is 4.40. The number of thiocarbonyl (C=S) groups is 1. The second-order valence-electron chi connectivity index (χ2n) is 6.77. The van der Waals surface area contributed by atoms with Gasteiger partial charge in [0.05, 0.1) is 19.3 Å². The molecule has 6 nitrogen and oxygen atoms in total. The van der Waals surface area contributed by atoms with Crippen molar-refractivity contribution >= 4 is 34.9 Å². The molecule has 0 aliphatic carbocycles. The van der Waals surface area contributed by atoms with Gasteiger partial charge in [-0.15, -0.1) is 0 Å². The number of anilines is 1. The Morgan fingerprint density at radius 2 is 1.67 bits per heavy atom. The van der Waals surface area contributed by atoms with E-state index in [-0.39, 0.29) is 11.0 Å². The summed E-state index contributed by atoms with van der Waals surface area (Å²) in [5, 5.41) is 5.78. The molecule has 0 aliphatic rings. The van der Waals surface area contributed by atoms with Gasteiger partial charge in [-0.3, -0.25) is 10.1 Å². The standard InChI is InChI=1S/C23H28N2O4S/c1-3-4-5-6-7-15-29-20-10-8-9-19(16-20)24-23(30)25-21(26)17-11-13-18(14-12-17)22(27)28-2/h8-14,16H,3-7,15H2,1-2H3,(H2,24,25,26,30). The number of hydrogen-bond donors (Lipinski definition) is 2. The summed E-state index contributed by atoms with van der Waals surface area (Å²) in [5.41, 5.74) is 1.48. The van der Waals surface area contributed by atoms with Crippen LogP contribution in [0.15, 0.2) is 48.5 Å². The molecule has 0 aliphatic heterocycles. The smallest absolute Gasteiger partial charge is 0.337 e. The molecule has 2 rings (SSSR count). The lowest BCUT2D eigenvalue weighted by atomic mass is 10.1. The minimum Gasteiger partial charge on any atom is -0.494 e. The predicted octanol–water partition coefficient (Wildman–Crippen LogP) is 4.95. The fourth-order valence-electron chi connectivity index (χ4n) is 2.77. The first-order chi connectivity index (χ1) is 14.5. The quantitative estimate of drug-likeness (QED) is 0.317. The van der Waals surface area contributed by atoms with Gasteiger partial charge in [-0.05, 0) is 55.0 Å². The summed E-state index contributed by atoms with van der Waals surface area (Å²) in [5.74, 6) is -0.0753. The van der Waals surface area contributed by atoms with E-state index in [4.69, 9.17) is 17.0 Å². The van der Waals surface area contributed by atoms with Crippen LogP contribution in [0.5, 0.6) is 5.75 Å². The largest absolute Gasteiger partial charge is 0.494 e. The fourth-order valence-corrected chi connectivity index (χ4v) is 2.98. The topological polar surface area (TPSA) is 76.7 Å². The van der Waals surface area contributed by atoms with Crippen molar-refractivity contribution in [2.75, 3.05) is 19.0 Å². The van der Waals surface area contributed by atoms with Crippen LogP contribution in [0.3, 0.4) is 0 Å². The third kappa shape index (κ3) is 7.83. The maximum Gasteiger partial charge on any atom is 0.337 e. The Kier molecular flexibility index (Phi) is 9.80. The van der Waals surface area contributed by atoms with Crippen LogP contribution in [-0.2, 0) is 4.74 Å². The van der Waals surface area contributed by atoms with Crippen molar-refractivity contribution < 1.29 is 19.1 Å². The van der Waals surface area contributed by atoms with Crippen molar-refractivity contribution in [1.29, 1.82) is 0 Å². The number of ether oxygens (including phenoxy) is 2. The van der Waals surface area contributed by atoms with Gasteiger partial charge in [0.25, 0.3) is 5.91 Å². The summed E-state index contributed by atoms with van der Waals surface area (Å²) < 4.78 is 10.4. The molecule has 0 spiro atoms. The zero-order valence-electron chi connectivity index (χ0n) is 17.4. The van der Waals surface area contributed by atoms with Crippen LogP contribution in [0.25, 0.3) is 0 Å². The SMILES string of the molecule is CCCCCCCOc1cccc(NC(=S)NC(=O)c2ccc(C(=O)OC)cc2)c1. The van der Waals surface area contributed by atoms with E-state index in [0.29, 0.717) is 17.7 Å². The van der Waals surface area contributed by atoms with Crippen molar-refractivity contribution in [1.82, 2.24) is 5.32 Å². The Balaban J connectivity index is 1.82. The molecule has 0 aromatic heterocycles. The zero-order valence-corrected chi connectivity index (χ0v) is 18.2. The molecular formula is C23H28N2O4S. The van der Waals surface area contributed by atoms with E-state index in [1.807, 2.05) is 24.3 Å². The summed E-state index contributed by atoms with van der Waals surface area (Å²) in [7, 11) is 1.31. The lowest BCUT2D eigenvalue weighted by Gasteiger charge is -2.12. The van der Waals surface area contributed by atoms with Gasteiger partial charge in [0.2, 0.25) is 0 Å². The van der Waals surface area contributed by atoms with Crippen molar-refractivity contribution in [2.24, 2.45) is 0 Å². The normalized spacial score (nSPS) is 10.2. The lowest BCUT2D eigenvalue weighted by Crippen LogP contribution is -2.34. The van der Waals surface area contributed by atoms with Gasteiger partial charge in [-0.1, -0.05) is 38.7 Å². The van der Waals surface area contributed by atoms with Crippen molar-refractivity contribution in [3.63, 3.8) is 0 Å². The highest BCUT2D eigenvalue weighted by Gasteiger charge is 2.10. The van der Waals surface area contributed by atoms with Crippen LogP contribution in [0.1, 0.15) is 59.7 Å². The molecular weight excluding hydrogens is 400 g/mol. The van der Waals surface area contributed by atoms with Crippen LogP contribution in [0.4, 0.5) is 5.69 Å². The highest BCUT2D eigenvalue weighted by atomic mass is 32.1. The van der Waals surface area contributed by atoms with Crippen molar-refractivity contribution in [2.45, 2.75) is 39.0 Å². The second kappa shape index (κ2) is 12.6. The van der Waals surface area contributed by atoms with Crippen molar-refractivity contribution in [3.05, 3.63) is 59.7 Å². The number of amides is 1. The Labute approximate surface area is 183 Å². The Hall–Kier alpha value is -2.93. The minimum absolute atomic E-state index is 0.175. The number of unbranched alkanes of at least 4 members (excludes halogenated alkanes) is 4. The highest BCUT2D eigenvalue weighted by Crippen LogP contribution is 2.18. The molecule has 0 saturated heterocycles. The molecule has 0 unspecified atom stereocenters. The second-order valence-corrected chi connectivity index (χ2v) is 7.18. The number of hydrogen-bond acceptors (Lipinski definition) is 5. The molecule has 160 valence electrons. The lowest BCUT2D eigenvalue weighted by molar-refractivity contribution is 0.0600.